The van der Waals surface area contributed by atoms with Crippen LogP contribution in [0.25, 0.3) is 0 Å². The number of rotatable bonds is 2. The zero-order valence-electron chi connectivity index (χ0n) is 12.1. The average Bonchev–Trinajstić information content (AvgIpc) is 2.41. The van der Waals surface area contributed by atoms with Crippen LogP contribution in [-0.4, -0.2) is 56.2 Å². The molecule has 1 saturated heterocycles. The van der Waals surface area contributed by atoms with Gasteiger partial charge in [-0.05, 0) is 40.1 Å². The van der Waals surface area contributed by atoms with E-state index in [0.29, 0.717) is 6.04 Å². The van der Waals surface area contributed by atoms with Crippen molar-refractivity contribution >= 4 is 5.82 Å². The summed E-state index contributed by atoms with van der Waals surface area (Å²) in [5.41, 5.74) is 0. The van der Waals surface area contributed by atoms with Crippen LogP contribution in [0.5, 0.6) is 0 Å². The van der Waals surface area contributed by atoms with E-state index in [9.17, 15) is 0 Å². The highest BCUT2D eigenvalue weighted by atomic mass is 15.3. The summed E-state index contributed by atoms with van der Waals surface area (Å²) in [6.07, 6.45) is 1.87. The molecule has 18 heavy (non-hydrogen) atoms. The minimum absolute atomic E-state index is 0.663. The van der Waals surface area contributed by atoms with Crippen LogP contribution < -0.4 is 10.2 Å². The Bertz CT molecular complexity index is 305. The van der Waals surface area contributed by atoms with Gasteiger partial charge in [0.2, 0.25) is 0 Å². The number of nitrogens with zero attached hydrogens (tertiary/aromatic N) is 3. The predicted octanol–water partition coefficient (Wildman–Crippen LogP) is 1.45. The summed E-state index contributed by atoms with van der Waals surface area (Å²) in [5, 5.41) is 2.75. The highest BCUT2D eigenvalue weighted by Gasteiger charge is 2.18. The van der Waals surface area contributed by atoms with E-state index in [4.69, 9.17) is 0 Å². The molecule has 0 radical (unpaired) electrons. The van der Waals surface area contributed by atoms with Gasteiger partial charge in [0.1, 0.15) is 5.82 Å². The second-order valence-electron chi connectivity index (χ2n) is 4.80. The maximum absolute atomic E-state index is 4.38. The van der Waals surface area contributed by atoms with E-state index >= 15 is 0 Å². The van der Waals surface area contributed by atoms with E-state index in [1.807, 2.05) is 26.4 Å². The maximum atomic E-state index is 4.38. The number of hydrogen-bond acceptors (Lipinski definition) is 4. The van der Waals surface area contributed by atoms with E-state index in [2.05, 4.69) is 46.1 Å². The number of aromatic nitrogens is 1. The second-order valence-corrected chi connectivity index (χ2v) is 4.80. The van der Waals surface area contributed by atoms with Crippen molar-refractivity contribution < 1.29 is 0 Å². The van der Waals surface area contributed by atoms with Crippen LogP contribution in [0.3, 0.4) is 0 Å². The lowest BCUT2D eigenvalue weighted by Crippen LogP contribution is -2.49. The molecule has 1 aliphatic heterocycles. The van der Waals surface area contributed by atoms with Gasteiger partial charge in [-0.25, -0.2) is 4.98 Å². The Hall–Kier alpha value is -1.13. The molecule has 0 saturated carbocycles. The Morgan fingerprint density at radius 2 is 1.72 bits per heavy atom. The molecular formula is C14H26N4. The molecule has 0 spiro atoms. The zero-order chi connectivity index (χ0) is 13.4. The smallest absolute Gasteiger partial charge is 0.128 e. The van der Waals surface area contributed by atoms with Crippen LogP contribution in [-0.2, 0) is 0 Å². The topological polar surface area (TPSA) is 31.4 Å². The van der Waals surface area contributed by atoms with Crippen molar-refractivity contribution in [3.8, 4) is 0 Å². The number of hydrogen-bond donors (Lipinski definition) is 1. The Kier molecular flexibility index (Phi) is 6.68. The Morgan fingerprint density at radius 3 is 2.17 bits per heavy atom. The molecule has 0 aromatic carbocycles. The minimum atomic E-state index is 0.663. The van der Waals surface area contributed by atoms with Crippen LogP contribution in [0.2, 0.25) is 0 Å². The Morgan fingerprint density at radius 1 is 1.11 bits per heavy atom. The molecular weight excluding hydrogens is 224 g/mol. The summed E-state index contributed by atoms with van der Waals surface area (Å²) in [5.74, 6) is 1.11. The molecule has 102 valence electrons. The van der Waals surface area contributed by atoms with Gasteiger partial charge in [0.05, 0.1) is 0 Å². The Balaban J connectivity index is 0.000000492. The SMILES string of the molecule is CC(C)N1CCN(c2ccccn2)CC1.CNC. The molecule has 1 aliphatic rings. The Labute approximate surface area is 111 Å². The van der Waals surface area contributed by atoms with Crippen LogP contribution in [0.15, 0.2) is 24.4 Å². The summed E-state index contributed by atoms with van der Waals surface area (Å²) in [6, 6.07) is 6.77. The molecule has 0 unspecified atom stereocenters. The van der Waals surface area contributed by atoms with Crippen molar-refractivity contribution in [1.82, 2.24) is 15.2 Å². The summed E-state index contributed by atoms with van der Waals surface area (Å²) >= 11 is 0. The third-order valence-corrected chi connectivity index (χ3v) is 3.02. The molecule has 4 heteroatoms. The largest absolute Gasteiger partial charge is 0.354 e. The van der Waals surface area contributed by atoms with Gasteiger partial charge in [0.25, 0.3) is 0 Å². The van der Waals surface area contributed by atoms with Gasteiger partial charge in [-0.15, -0.1) is 0 Å². The van der Waals surface area contributed by atoms with Gasteiger partial charge < -0.3 is 10.2 Å². The number of piperazine rings is 1. The van der Waals surface area contributed by atoms with Gasteiger partial charge >= 0.3 is 0 Å². The van der Waals surface area contributed by atoms with Crippen molar-refractivity contribution in [2.75, 3.05) is 45.2 Å². The molecule has 2 rings (SSSR count). The molecule has 0 bridgehead atoms. The quantitative estimate of drug-likeness (QED) is 0.861. The van der Waals surface area contributed by atoms with E-state index in [1.54, 1.807) is 0 Å². The van der Waals surface area contributed by atoms with Crippen LogP contribution >= 0.6 is 0 Å². The summed E-state index contributed by atoms with van der Waals surface area (Å²) < 4.78 is 0. The molecule has 0 atom stereocenters. The van der Waals surface area contributed by atoms with Gasteiger partial charge in [-0.3, -0.25) is 4.90 Å². The number of nitrogens with one attached hydrogen (secondary N) is 1. The van der Waals surface area contributed by atoms with E-state index in [1.165, 1.54) is 0 Å². The van der Waals surface area contributed by atoms with Crippen LogP contribution in [0.1, 0.15) is 13.8 Å². The lowest BCUT2D eigenvalue weighted by molar-refractivity contribution is 0.209. The standard InChI is InChI=1S/C12H19N3.C2H7N/c1-11(2)14-7-9-15(10-8-14)12-5-3-4-6-13-12;1-3-2/h3-6,11H,7-10H2,1-2H3;3H,1-2H3. The van der Waals surface area contributed by atoms with Crippen molar-refractivity contribution in [3.05, 3.63) is 24.4 Å². The second kappa shape index (κ2) is 8.06. The highest BCUT2D eigenvalue weighted by Crippen LogP contribution is 2.13. The average molecular weight is 250 g/mol. The van der Waals surface area contributed by atoms with Gasteiger partial charge in [0, 0.05) is 38.4 Å². The van der Waals surface area contributed by atoms with E-state index < -0.39 is 0 Å². The fourth-order valence-corrected chi connectivity index (χ4v) is 2.01. The first-order chi connectivity index (χ1) is 8.69. The van der Waals surface area contributed by atoms with Crippen LogP contribution in [0.4, 0.5) is 5.82 Å². The van der Waals surface area contributed by atoms with Gasteiger partial charge in [-0.2, -0.15) is 0 Å². The molecule has 1 fully saturated rings. The van der Waals surface area contributed by atoms with E-state index in [0.717, 1.165) is 32.0 Å². The fourth-order valence-electron chi connectivity index (χ4n) is 2.01. The molecule has 1 N–H and O–H groups in total. The third kappa shape index (κ3) is 4.63. The van der Waals surface area contributed by atoms with E-state index in [-0.39, 0.29) is 0 Å². The van der Waals surface area contributed by atoms with Gasteiger partial charge in [0.15, 0.2) is 0 Å². The molecule has 2 heterocycles. The molecule has 1 aromatic rings. The molecule has 0 amide bonds. The summed E-state index contributed by atoms with van der Waals surface area (Å²) in [7, 11) is 3.75. The predicted molar refractivity (Wildman–Crippen MR) is 78.1 cm³/mol. The number of anilines is 1. The lowest BCUT2D eigenvalue weighted by atomic mass is 10.2. The van der Waals surface area contributed by atoms with Crippen molar-refractivity contribution in [2.24, 2.45) is 0 Å². The first-order valence-electron chi connectivity index (χ1n) is 6.67. The lowest BCUT2D eigenvalue weighted by Gasteiger charge is -2.37. The van der Waals surface area contributed by atoms with Crippen LogP contribution in [0, 0.1) is 0 Å². The summed E-state index contributed by atoms with van der Waals surface area (Å²) in [4.78, 5) is 9.25. The normalized spacial score (nSPS) is 16.4. The highest BCUT2D eigenvalue weighted by molar-refractivity contribution is 5.38. The first kappa shape index (κ1) is 14.9. The zero-order valence-corrected chi connectivity index (χ0v) is 12.1. The molecule has 0 aliphatic carbocycles. The third-order valence-electron chi connectivity index (χ3n) is 3.02. The summed E-state index contributed by atoms with van der Waals surface area (Å²) in [6.45, 7) is 9.00. The molecule has 1 aromatic heterocycles. The van der Waals surface area contributed by atoms with Crippen molar-refractivity contribution in [2.45, 2.75) is 19.9 Å². The first-order valence-corrected chi connectivity index (χ1v) is 6.67. The number of pyridine rings is 1. The fraction of sp³-hybridized carbons (Fsp3) is 0.643. The monoisotopic (exact) mass is 250 g/mol. The van der Waals surface area contributed by atoms with Crippen molar-refractivity contribution in [1.29, 1.82) is 0 Å². The minimum Gasteiger partial charge on any atom is -0.354 e. The van der Waals surface area contributed by atoms with Gasteiger partial charge in [-0.1, -0.05) is 6.07 Å². The maximum Gasteiger partial charge on any atom is 0.128 e. The molecule has 4 nitrogen and oxygen atoms in total. The van der Waals surface area contributed by atoms with Crippen molar-refractivity contribution in [3.63, 3.8) is 0 Å².